The molecule has 1 aliphatic rings. The minimum absolute atomic E-state index is 0.295. The van der Waals surface area contributed by atoms with Crippen LogP contribution in [-0.2, 0) is 0 Å². The summed E-state index contributed by atoms with van der Waals surface area (Å²) in [4.78, 5) is 17.1. The summed E-state index contributed by atoms with van der Waals surface area (Å²) in [5.74, 6) is 3.18. The number of anilines is 3. The van der Waals surface area contributed by atoms with Crippen LogP contribution < -0.4 is 15.5 Å². The van der Waals surface area contributed by atoms with Crippen molar-refractivity contribution in [2.24, 2.45) is 11.8 Å². The molecule has 1 aliphatic heterocycles. The number of nitrogen functional groups attached to an aromatic ring is 1. The Morgan fingerprint density at radius 2 is 1.90 bits per heavy atom. The van der Waals surface area contributed by atoms with Gasteiger partial charge in [-0.25, -0.2) is 0 Å². The molecule has 6 nitrogen and oxygen atoms in total. The molecular formula is C14H26N6. The summed E-state index contributed by atoms with van der Waals surface area (Å²) in [6.07, 6.45) is 3.67. The lowest BCUT2D eigenvalue weighted by Gasteiger charge is -2.22. The quantitative estimate of drug-likeness (QED) is 0.909. The Bertz CT molecular complexity index is 445. The van der Waals surface area contributed by atoms with Crippen LogP contribution in [0.4, 0.5) is 17.8 Å². The molecule has 2 heterocycles. The van der Waals surface area contributed by atoms with Crippen molar-refractivity contribution >= 4 is 17.8 Å². The Morgan fingerprint density at radius 3 is 2.55 bits per heavy atom. The maximum Gasteiger partial charge on any atom is 0.231 e. The van der Waals surface area contributed by atoms with Crippen molar-refractivity contribution in [1.82, 2.24) is 15.0 Å². The summed E-state index contributed by atoms with van der Waals surface area (Å²) in [6, 6.07) is 0. The monoisotopic (exact) mass is 278 g/mol. The zero-order chi connectivity index (χ0) is 14.7. The Morgan fingerprint density at radius 1 is 1.15 bits per heavy atom. The second-order valence-electron chi connectivity index (χ2n) is 6.11. The van der Waals surface area contributed by atoms with Crippen LogP contribution in [0.1, 0.15) is 33.1 Å². The van der Waals surface area contributed by atoms with Crippen LogP contribution in [0.5, 0.6) is 0 Å². The van der Waals surface area contributed by atoms with Crippen molar-refractivity contribution in [1.29, 1.82) is 0 Å². The lowest BCUT2D eigenvalue weighted by atomic mass is 9.89. The van der Waals surface area contributed by atoms with E-state index in [0.29, 0.717) is 17.8 Å². The second-order valence-corrected chi connectivity index (χ2v) is 6.11. The van der Waals surface area contributed by atoms with Gasteiger partial charge in [0.1, 0.15) is 0 Å². The fourth-order valence-electron chi connectivity index (χ4n) is 2.70. The van der Waals surface area contributed by atoms with Crippen LogP contribution >= 0.6 is 0 Å². The van der Waals surface area contributed by atoms with Gasteiger partial charge >= 0.3 is 0 Å². The van der Waals surface area contributed by atoms with Gasteiger partial charge in [-0.3, -0.25) is 0 Å². The zero-order valence-corrected chi connectivity index (χ0v) is 13.0. The van der Waals surface area contributed by atoms with E-state index in [2.05, 4.69) is 33.7 Å². The summed E-state index contributed by atoms with van der Waals surface area (Å²) in [6.45, 7) is 6.62. The van der Waals surface area contributed by atoms with Gasteiger partial charge in [0.05, 0.1) is 0 Å². The molecule has 1 atom stereocenters. The standard InChI is InChI=1S/C14H26N6/c1-10(2)11-6-5-8-20(9-7-11)14-17-12(15)16-13(18-14)19(3)4/h10-11H,5-9H2,1-4H3,(H2,15,16,17,18). The number of rotatable bonds is 3. The number of nitrogens with zero attached hydrogens (tertiary/aromatic N) is 5. The van der Waals surface area contributed by atoms with Gasteiger partial charge in [0.25, 0.3) is 0 Å². The third-order valence-electron chi connectivity index (χ3n) is 4.03. The first kappa shape index (κ1) is 14.8. The Hall–Kier alpha value is -1.59. The first-order valence-electron chi connectivity index (χ1n) is 7.41. The summed E-state index contributed by atoms with van der Waals surface area (Å²) < 4.78 is 0. The van der Waals surface area contributed by atoms with Crippen LogP contribution in [0.15, 0.2) is 0 Å². The molecule has 0 aromatic carbocycles. The number of hydrogen-bond donors (Lipinski definition) is 1. The van der Waals surface area contributed by atoms with Crippen LogP contribution in [0.25, 0.3) is 0 Å². The van der Waals surface area contributed by atoms with Gasteiger partial charge in [-0.1, -0.05) is 13.8 Å². The van der Waals surface area contributed by atoms with Crippen LogP contribution in [0, 0.1) is 11.8 Å². The lowest BCUT2D eigenvalue weighted by Crippen LogP contribution is -2.28. The van der Waals surface area contributed by atoms with Crippen molar-refractivity contribution in [2.45, 2.75) is 33.1 Å². The van der Waals surface area contributed by atoms with Crippen molar-refractivity contribution in [3.05, 3.63) is 0 Å². The molecule has 2 rings (SSSR count). The van der Waals surface area contributed by atoms with E-state index in [1.54, 1.807) is 0 Å². The molecule has 20 heavy (non-hydrogen) atoms. The zero-order valence-electron chi connectivity index (χ0n) is 13.0. The fraction of sp³-hybridized carbons (Fsp3) is 0.786. The molecule has 6 heteroatoms. The highest BCUT2D eigenvalue weighted by Gasteiger charge is 2.21. The van der Waals surface area contributed by atoms with E-state index in [4.69, 9.17) is 5.73 Å². The topological polar surface area (TPSA) is 71.2 Å². The van der Waals surface area contributed by atoms with Crippen LogP contribution in [0.3, 0.4) is 0 Å². The molecule has 0 bridgehead atoms. The number of aromatic nitrogens is 3. The Balaban J connectivity index is 2.15. The molecule has 0 spiro atoms. The van der Waals surface area contributed by atoms with Gasteiger partial charge in [0, 0.05) is 27.2 Å². The normalized spacial score (nSPS) is 20.1. The number of hydrogen-bond acceptors (Lipinski definition) is 6. The average molecular weight is 278 g/mol. The summed E-state index contributed by atoms with van der Waals surface area (Å²) in [7, 11) is 3.82. The minimum Gasteiger partial charge on any atom is -0.368 e. The minimum atomic E-state index is 0.295. The Kier molecular flexibility index (Phi) is 4.62. The highest BCUT2D eigenvalue weighted by Crippen LogP contribution is 2.26. The highest BCUT2D eigenvalue weighted by atomic mass is 15.3. The summed E-state index contributed by atoms with van der Waals surface area (Å²) >= 11 is 0. The maximum absolute atomic E-state index is 5.80. The van der Waals surface area contributed by atoms with E-state index in [1.165, 1.54) is 19.3 Å². The molecular weight excluding hydrogens is 252 g/mol. The molecule has 0 amide bonds. The Labute approximate surface area is 121 Å². The first-order chi connectivity index (χ1) is 9.47. The van der Waals surface area contributed by atoms with E-state index >= 15 is 0 Å². The van der Waals surface area contributed by atoms with E-state index < -0.39 is 0 Å². The molecule has 1 aromatic heterocycles. The molecule has 1 aromatic rings. The van der Waals surface area contributed by atoms with E-state index in [-0.39, 0.29) is 0 Å². The summed E-state index contributed by atoms with van der Waals surface area (Å²) in [5.41, 5.74) is 5.80. The molecule has 112 valence electrons. The smallest absolute Gasteiger partial charge is 0.231 e. The predicted octanol–water partition coefficient (Wildman–Crippen LogP) is 1.78. The van der Waals surface area contributed by atoms with Gasteiger partial charge in [-0.2, -0.15) is 15.0 Å². The molecule has 1 unspecified atom stereocenters. The molecule has 0 radical (unpaired) electrons. The van der Waals surface area contributed by atoms with Gasteiger partial charge in [0.2, 0.25) is 17.8 Å². The highest BCUT2D eigenvalue weighted by molar-refractivity contribution is 5.42. The lowest BCUT2D eigenvalue weighted by molar-refractivity contribution is 0.351. The van der Waals surface area contributed by atoms with Crippen molar-refractivity contribution < 1.29 is 0 Å². The van der Waals surface area contributed by atoms with Crippen LogP contribution in [-0.4, -0.2) is 42.1 Å². The van der Waals surface area contributed by atoms with Gasteiger partial charge in [0.15, 0.2) is 0 Å². The van der Waals surface area contributed by atoms with E-state index in [9.17, 15) is 0 Å². The van der Waals surface area contributed by atoms with Crippen molar-refractivity contribution in [2.75, 3.05) is 42.7 Å². The molecule has 1 saturated heterocycles. The van der Waals surface area contributed by atoms with Crippen molar-refractivity contribution in [3.63, 3.8) is 0 Å². The van der Waals surface area contributed by atoms with Gasteiger partial charge in [-0.15, -0.1) is 0 Å². The largest absolute Gasteiger partial charge is 0.368 e. The average Bonchev–Trinajstić information content (AvgIpc) is 2.63. The molecule has 1 fully saturated rings. The van der Waals surface area contributed by atoms with Crippen molar-refractivity contribution in [3.8, 4) is 0 Å². The third kappa shape index (κ3) is 3.49. The molecule has 2 N–H and O–H groups in total. The summed E-state index contributed by atoms with van der Waals surface area (Å²) in [5, 5.41) is 0. The predicted molar refractivity (Wildman–Crippen MR) is 83.0 cm³/mol. The molecule has 0 aliphatic carbocycles. The third-order valence-corrected chi connectivity index (χ3v) is 4.03. The van der Waals surface area contributed by atoms with Crippen LogP contribution in [0.2, 0.25) is 0 Å². The van der Waals surface area contributed by atoms with E-state index in [0.717, 1.165) is 24.9 Å². The van der Waals surface area contributed by atoms with Gasteiger partial charge in [-0.05, 0) is 31.1 Å². The fourth-order valence-corrected chi connectivity index (χ4v) is 2.70. The van der Waals surface area contributed by atoms with E-state index in [1.807, 2.05) is 19.0 Å². The SMILES string of the molecule is CC(C)C1CCCN(c2nc(N)nc(N(C)C)n2)CC1. The second kappa shape index (κ2) is 6.24. The molecule has 0 saturated carbocycles. The number of nitrogens with two attached hydrogens (primary N) is 1. The maximum atomic E-state index is 5.80. The van der Waals surface area contributed by atoms with Gasteiger partial charge < -0.3 is 15.5 Å². The first-order valence-corrected chi connectivity index (χ1v) is 7.41.